The Morgan fingerprint density at radius 2 is 2.19 bits per heavy atom. The normalized spacial score (nSPS) is 15.8. The number of rotatable bonds is 8. The van der Waals surface area contributed by atoms with Crippen molar-refractivity contribution in [2.45, 2.75) is 26.3 Å². The number of amides is 1. The van der Waals surface area contributed by atoms with Crippen molar-refractivity contribution in [3.05, 3.63) is 23.9 Å². The summed E-state index contributed by atoms with van der Waals surface area (Å²) in [6, 6.07) is 4.01. The smallest absolute Gasteiger partial charge is 0.220 e. The van der Waals surface area contributed by atoms with Gasteiger partial charge in [-0.15, -0.1) is 0 Å². The number of nitrogens with zero attached hydrogens (tertiary/aromatic N) is 3. The predicted molar refractivity (Wildman–Crippen MR) is 110 cm³/mol. The molecule has 1 saturated heterocycles. The lowest BCUT2D eigenvalue weighted by Crippen LogP contribution is -2.39. The van der Waals surface area contributed by atoms with Gasteiger partial charge in [-0.1, -0.05) is 6.07 Å². The van der Waals surface area contributed by atoms with Gasteiger partial charge in [0.15, 0.2) is 5.96 Å². The number of piperidine rings is 1. The first-order valence-electron chi connectivity index (χ1n) is 9.15. The van der Waals surface area contributed by atoms with Gasteiger partial charge in [0, 0.05) is 49.6 Å². The number of thioether (sulfide) groups is 1. The summed E-state index contributed by atoms with van der Waals surface area (Å²) in [5.74, 6) is 2.61. The number of guanidine groups is 1. The second kappa shape index (κ2) is 10.9. The molecule has 2 rings (SSSR count). The molecule has 1 amide bonds. The summed E-state index contributed by atoms with van der Waals surface area (Å²) in [5.41, 5.74) is 6.52. The molecule has 1 aromatic heterocycles. The highest BCUT2D eigenvalue weighted by atomic mass is 32.2. The number of aromatic nitrogens is 1. The Labute approximate surface area is 160 Å². The lowest BCUT2D eigenvalue weighted by molar-refractivity contribution is -0.122. The van der Waals surface area contributed by atoms with Gasteiger partial charge in [0.1, 0.15) is 5.82 Å². The van der Waals surface area contributed by atoms with Gasteiger partial charge in [0.2, 0.25) is 5.91 Å². The second-order valence-electron chi connectivity index (χ2n) is 6.26. The Morgan fingerprint density at radius 3 is 2.85 bits per heavy atom. The van der Waals surface area contributed by atoms with Crippen LogP contribution in [-0.4, -0.2) is 55.0 Å². The van der Waals surface area contributed by atoms with Gasteiger partial charge in [-0.2, -0.15) is 11.8 Å². The first-order valence-corrected chi connectivity index (χ1v) is 10.5. The van der Waals surface area contributed by atoms with Crippen molar-refractivity contribution in [2.24, 2.45) is 16.6 Å². The first-order chi connectivity index (χ1) is 12.7. The molecule has 8 heteroatoms. The molecule has 1 aliphatic rings. The van der Waals surface area contributed by atoms with E-state index in [0.717, 1.165) is 62.1 Å². The molecule has 0 aromatic carbocycles. The molecule has 1 aliphatic heterocycles. The molecule has 0 atom stereocenters. The number of carbonyl (C=O) groups is 1. The number of hydrogen-bond acceptors (Lipinski definition) is 5. The minimum Gasteiger partial charge on any atom is -0.369 e. The van der Waals surface area contributed by atoms with E-state index in [0.29, 0.717) is 6.54 Å². The molecular formula is C18H30N6OS. The van der Waals surface area contributed by atoms with Crippen LogP contribution in [0.1, 0.15) is 25.3 Å². The van der Waals surface area contributed by atoms with Gasteiger partial charge in [-0.3, -0.25) is 4.79 Å². The molecule has 7 nitrogen and oxygen atoms in total. The van der Waals surface area contributed by atoms with Gasteiger partial charge in [-0.05, 0) is 32.1 Å². The Morgan fingerprint density at radius 1 is 1.42 bits per heavy atom. The Hall–Kier alpha value is -1.96. The third-order valence-corrected chi connectivity index (χ3v) is 5.03. The molecule has 0 radical (unpaired) electrons. The molecule has 1 aromatic rings. The van der Waals surface area contributed by atoms with E-state index in [1.807, 2.05) is 12.3 Å². The van der Waals surface area contributed by atoms with Crippen LogP contribution >= 0.6 is 11.8 Å². The van der Waals surface area contributed by atoms with Crippen LogP contribution in [0.5, 0.6) is 0 Å². The number of nitrogens with one attached hydrogen (secondary N) is 2. The largest absolute Gasteiger partial charge is 0.369 e. The van der Waals surface area contributed by atoms with Crippen LogP contribution in [0.4, 0.5) is 5.82 Å². The van der Waals surface area contributed by atoms with Gasteiger partial charge >= 0.3 is 0 Å². The summed E-state index contributed by atoms with van der Waals surface area (Å²) < 4.78 is 0. The number of hydrogen-bond donors (Lipinski definition) is 3. The zero-order valence-corrected chi connectivity index (χ0v) is 16.5. The van der Waals surface area contributed by atoms with Crippen LogP contribution in [0, 0.1) is 5.92 Å². The van der Waals surface area contributed by atoms with Gasteiger partial charge in [0.05, 0.1) is 6.54 Å². The SMILES string of the molecule is CCNC(=NCc1cccnc1N1CCC(C(N)=O)CC1)NCCSC. The number of anilines is 1. The molecule has 0 aliphatic carbocycles. The minimum absolute atomic E-state index is 0.0163. The molecule has 0 bridgehead atoms. The molecule has 4 N–H and O–H groups in total. The molecular weight excluding hydrogens is 348 g/mol. The summed E-state index contributed by atoms with van der Waals surface area (Å²) in [6.07, 6.45) is 5.47. The van der Waals surface area contributed by atoms with E-state index in [1.165, 1.54) is 0 Å². The molecule has 26 heavy (non-hydrogen) atoms. The standard InChI is InChI=1S/C18H30N6OS/c1-3-20-18(22-9-12-26-2)23-13-15-5-4-8-21-17(15)24-10-6-14(7-11-24)16(19)25/h4-5,8,14H,3,6-7,9-13H2,1-2H3,(H2,19,25)(H2,20,22,23). The summed E-state index contributed by atoms with van der Waals surface area (Å²) in [7, 11) is 0. The second-order valence-corrected chi connectivity index (χ2v) is 7.25. The third kappa shape index (κ3) is 6.09. The van der Waals surface area contributed by atoms with Crippen molar-refractivity contribution in [1.29, 1.82) is 0 Å². The van der Waals surface area contributed by atoms with Crippen molar-refractivity contribution < 1.29 is 4.79 Å². The van der Waals surface area contributed by atoms with Crippen molar-refractivity contribution in [3.8, 4) is 0 Å². The molecule has 0 saturated carbocycles. The number of nitrogens with two attached hydrogens (primary N) is 1. The van der Waals surface area contributed by atoms with Crippen LogP contribution in [0.25, 0.3) is 0 Å². The van der Waals surface area contributed by atoms with Crippen LogP contribution in [0.15, 0.2) is 23.3 Å². The number of carbonyl (C=O) groups excluding carboxylic acids is 1. The van der Waals surface area contributed by atoms with E-state index in [2.05, 4.69) is 39.8 Å². The quantitative estimate of drug-likeness (QED) is 0.357. The highest BCUT2D eigenvalue weighted by Crippen LogP contribution is 2.24. The molecule has 2 heterocycles. The number of primary amides is 1. The summed E-state index contributed by atoms with van der Waals surface area (Å²) in [4.78, 5) is 22.9. The van der Waals surface area contributed by atoms with Crippen molar-refractivity contribution >= 4 is 29.4 Å². The van der Waals surface area contributed by atoms with Gasteiger partial charge in [-0.25, -0.2) is 9.98 Å². The van der Waals surface area contributed by atoms with E-state index in [4.69, 9.17) is 10.7 Å². The fourth-order valence-corrected chi connectivity index (χ4v) is 3.30. The fraction of sp³-hybridized carbons (Fsp3) is 0.611. The average Bonchev–Trinajstić information content (AvgIpc) is 2.66. The highest BCUT2D eigenvalue weighted by Gasteiger charge is 2.24. The monoisotopic (exact) mass is 378 g/mol. The zero-order valence-electron chi connectivity index (χ0n) is 15.7. The minimum atomic E-state index is -0.193. The van der Waals surface area contributed by atoms with Gasteiger partial charge in [0.25, 0.3) is 0 Å². The van der Waals surface area contributed by atoms with Crippen LogP contribution in [-0.2, 0) is 11.3 Å². The van der Waals surface area contributed by atoms with E-state index in [1.54, 1.807) is 11.8 Å². The van der Waals surface area contributed by atoms with Crippen molar-refractivity contribution in [1.82, 2.24) is 15.6 Å². The van der Waals surface area contributed by atoms with E-state index >= 15 is 0 Å². The average molecular weight is 379 g/mol. The molecule has 144 valence electrons. The number of aliphatic imine (C=N–C) groups is 1. The summed E-state index contributed by atoms with van der Waals surface area (Å²) >= 11 is 1.80. The third-order valence-electron chi connectivity index (χ3n) is 4.41. The molecule has 1 fully saturated rings. The summed E-state index contributed by atoms with van der Waals surface area (Å²) in [6.45, 7) is 5.93. The molecule has 0 spiro atoms. The molecule has 0 unspecified atom stereocenters. The maximum absolute atomic E-state index is 11.4. The topological polar surface area (TPSA) is 95.6 Å². The zero-order chi connectivity index (χ0) is 18.8. The summed E-state index contributed by atoms with van der Waals surface area (Å²) in [5, 5.41) is 6.62. The fourth-order valence-electron chi connectivity index (χ4n) is 2.99. The maximum atomic E-state index is 11.4. The Balaban J connectivity index is 2.03. The lowest BCUT2D eigenvalue weighted by Gasteiger charge is -2.32. The lowest BCUT2D eigenvalue weighted by atomic mass is 9.96. The Bertz CT molecular complexity index is 601. The van der Waals surface area contributed by atoms with Crippen molar-refractivity contribution in [3.63, 3.8) is 0 Å². The maximum Gasteiger partial charge on any atom is 0.220 e. The van der Waals surface area contributed by atoms with E-state index in [-0.39, 0.29) is 11.8 Å². The number of pyridine rings is 1. The predicted octanol–water partition coefficient (Wildman–Crippen LogP) is 1.20. The van der Waals surface area contributed by atoms with Gasteiger partial charge < -0.3 is 21.3 Å². The van der Waals surface area contributed by atoms with Crippen molar-refractivity contribution in [2.75, 3.05) is 43.1 Å². The highest BCUT2D eigenvalue weighted by molar-refractivity contribution is 7.98. The van der Waals surface area contributed by atoms with Crippen LogP contribution in [0.2, 0.25) is 0 Å². The van der Waals surface area contributed by atoms with Crippen LogP contribution in [0.3, 0.4) is 0 Å². The van der Waals surface area contributed by atoms with E-state index in [9.17, 15) is 4.79 Å². The Kier molecular flexibility index (Phi) is 8.53. The van der Waals surface area contributed by atoms with Crippen LogP contribution < -0.4 is 21.3 Å². The first kappa shape index (κ1) is 20.4. The van der Waals surface area contributed by atoms with E-state index < -0.39 is 0 Å².